The molecule has 3 aromatic heterocycles. The number of hydrogen-bond donors (Lipinski definition) is 1. The lowest BCUT2D eigenvalue weighted by Crippen LogP contribution is -2.23. The Kier molecular flexibility index (Phi) is 4.13. The van der Waals surface area contributed by atoms with E-state index >= 15 is 0 Å². The number of H-pyrrole nitrogens is 1. The fourth-order valence-corrected chi connectivity index (χ4v) is 4.45. The summed E-state index contributed by atoms with van der Waals surface area (Å²) in [6.07, 6.45) is 2.62. The molecule has 7 nitrogen and oxygen atoms in total. The van der Waals surface area contributed by atoms with Gasteiger partial charge in [-0.25, -0.2) is 15.0 Å². The number of pyridine rings is 1. The molecule has 1 unspecified atom stereocenters. The lowest BCUT2D eigenvalue weighted by molar-refractivity contribution is 0.0964. The van der Waals surface area contributed by atoms with E-state index in [-0.39, 0.29) is 23.2 Å². The lowest BCUT2D eigenvalue weighted by Gasteiger charge is -2.25. The fraction of sp³-hybridized carbons (Fsp3) is 0.261. The molecule has 7 heteroatoms. The molecule has 0 amide bonds. The van der Waals surface area contributed by atoms with Gasteiger partial charge in [0.2, 0.25) is 0 Å². The second-order valence-electron chi connectivity index (χ2n) is 7.96. The van der Waals surface area contributed by atoms with E-state index in [1.807, 2.05) is 32.0 Å². The van der Waals surface area contributed by atoms with E-state index in [0.29, 0.717) is 29.4 Å². The Morgan fingerprint density at radius 2 is 1.77 bits per heavy atom. The smallest absolute Gasteiger partial charge is 0.283 e. The Bertz CT molecular complexity index is 1360. The number of hydrogen-bond acceptors (Lipinski definition) is 5. The summed E-state index contributed by atoms with van der Waals surface area (Å²) in [4.78, 5) is 39.4. The molecule has 0 saturated carbocycles. The third-order valence-electron chi connectivity index (χ3n) is 5.80. The van der Waals surface area contributed by atoms with Crippen LogP contribution in [0.3, 0.4) is 0 Å². The van der Waals surface area contributed by atoms with Gasteiger partial charge in [0, 0.05) is 29.6 Å². The van der Waals surface area contributed by atoms with Gasteiger partial charge in [-0.15, -0.1) is 0 Å². The summed E-state index contributed by atoms with van der Waals surface area (Å²) in [7, 11) is 0. The summed E-state index contributed by atoms with van der Waals surface area (Å²) < 4.78 is 1.32. The molecule has 1 aliphatic rings. The normalized spacial score (nSPS) is 16.1. The number of carbonyl (C=O) groups excluding carboxylic acids is 1. The fourth-order valence-electron chi connectivity index (χ4n) is 4.45. The summed E-state index contributed by atoms with van der Waals surface area (Å²) in [5.74, 6) is 0.340. The van der Waals surface area contributed by atoms with Crippen molar-refractivity contribution in [1.82, 2.24) is 24.7 Å². The van der Waals surface area contributed by atoms with Crippen LogP contribution in [0.4, 0.5) is 0 Å². The first-order valence-electron chi connectivity index (χ1n) is 9.96. The van der Waals surface area contributed by atoms with Crippen LogP contribution in [0.25, 0.3) is 17.0 Å². The molecule has 1 aromatic carbocycles. The van der Waals surface area contributed by atoms with Crippen LogP contribution in [0.1, 0.15) is 50.8 Å². The largest absolute Gasteiger partial charge is 0.294 e. The molecule has 3 heterocycles. The molecule has 0 spiro atoms. The van der Waals surface area contributed by atoms with Crippen molar-refractivity contribution in [3.63, 3.8) is 0 Å². The van der Waals surface area contributed by atoms with Crippen LogP contribution in [0.2, 0.25) is 0 Å². The number of aryl methyl sites for hydroxylation is 3. The molecule has 0 fully saturated rings. The SMILES string of the molecule is Cc1cc(C)nc(-n2[nH]c3ncc4c(c3c2=O)CC(c2ccccc2C)CC4=O)n1. The van der Waals surface area contributed by atoms with Gasteiger partial charge >= 0.3 is 0 Å². The van der Waals surface area contributed by atoms with Crippen molar-refractivity contribution >= 4 is 16.8 Å². The van der Waals surface area contributed by atoms with Crippen molar-refractivity contribution in [2.24, 2.45) is 0 Å². The molecule has 1 atom stereocenters. The summed E-state index contributed by atoms with van der Waals surface area (Å²) in [5, 5.41) is 3.47. The highest BCUT2D eigenvalue weighted by Gasteiger charge is 2.30. The molecular formula is C23H21N5O2. The van der Waals surface area contributed by atoms with Gasteiger partial charge in [0.25, 0.3) is 11.5 Å². The monoisotopic (exact) mass is 399 g/mol. The van der Waals surface area contributed by atoms with Crippen molar-refractivity contribution in [3.8, 4) is 5.95 Å². The molecule has 0 bridgehead atoms. The number of rotatable bonds is 2. The van der Waals surface area contributed by atoms with Crippen molar-refractivity contribution in [1.29, 1.82) is 0 Å². The van der Waals surface area contributed by atoms with Crippen LogP contribution in [0, 0.1) is 20.8 Å². The van der Waals surface area contributed by atoms with Crippen LogP contribution in [0.5, 0.6) is 0 Å². The minimum Gasteiger partial charge on any atom is -0.294 e. The maximum atomic E-state index is 13.3. The average molecular weight is 399 g/mol. The van der Waals surface area contributed by atoms with E-state index in [0.717, 1.165) is 28.1 Å². The number of aromatic nitrogens is 5. The summed E-state index contributed by atoms with van der Waals surface area (Å²) >= 11 is 0. The van der Waals surface area contributed by atoms with Crippen LogP contribution >= 0.6 is 0 Å². The Labute approximate surface area is 172 Å². The molecular weight excluding hydrogens is 378 g/mol. The van der Waals surface area contributed by atoms with Crippen LogP contribution in [-0.4, -0.2) is 30.5 Å². The maximum absolute atomic E-state index is 13.3. The minimum atomic E-state index is -0.280. The van der Waals surface area contributed by atoms with Crippen molar-refractivity contribution in [3.05, 3.63) is 80.5 Å². The molecule has 1 aliphatic carbocycles. The number of fused-ring (bicyclic) bond motifs is 3. The highest BCUT2D eigenvalue weighted by atomic mass is 16.1. The number of carbonyl (C=O) groups is 1. The quantitative estimate of drug-likeness (QED) is 0.558. The molecule has 0 saturated heterocycles. The zero-order valence-corrected chi connectivity index (χ0v) is 17.1. The van der Waals surface area contributed by atoms with Crippen LogP contribution in [-0.2, 0) is 6.42 Å². The van der Waals surface area contributed by atoms with Gasteiger partial charge in [-0.3, -0.25) is 14.7 Å². The van der Waals surface area contributed by atoms with Crippen LogP contribution < -0.4 is 5.56 Å². The Balaban J connectivity index is 1.70. The molecule has 1 N–H and O–H groups in total. The molecule has 4 aromatic rings. The van der Waals surface area contributed by atoms with Gasteiger partial charge in [0.1, 0.15) is 0 Å². The van der Waals surface area contributed by atoms with Gasteiger partial charge < -0.3 is 0 Å². The van der Waals surface area contributed by atoms with Gasteiger partial charge in [-0.05, 0) is 55.9 Å². The number of benzene rings is 1. The molecule has 0 aliphatic heterocycles. The van der Waals surface area contributed by atoms with E-state index < -0.39 is 0 Å². The van der Waals surface area contributed by atoms with Gasteiger partial charge in [-0.1, -0.05) is 24.3 Å². The Morgan fingerprint density at radius 1 is 1.03 bits per heavy atom. The second kappa shape index (κ2) is 6.73. The first-order chi connectivity index (χ1) is 14.4. The summed E-state index contributed by atoms with van der Waals surface area (Å²) in [6.45, 7) is 5.77. The maximum Gasteiger partial charge on any atom is 0.283 e. The molecule has 5 rings (SSSR count). The van der Waals surface area contributed by atoms with E-state index in [4.69, 9.17) is 0 Å². The van der Waals surface area contributed by atoms with Gasteiger partial charge in [0.15, 0.2) is 11.4 Å². The Morgan fingerprint density at radius 3 is 2.50 bits per heavy atom. The van der Waals surface area contributed by atoms with E-state index in [2.05, 4.69) is 39.1 Å². The highest BCUT2D eigenvalue weighted by molar-refractivity contribution is 6.02. The van der Waals surface area contributed by atoms with Crippen LogP contribution in [0.15, 0.2) is 41.3 Å². The van der Waals surface area contributed by atoms with Gasteiger partial charge in [0.05, 0.1) is 5.39 Å². The van der Waals surface area contributed by atoms with Crippen molar-refractivity contribution < 1.29 is 4.79 Å². The minimum absolute atomic E-state index is 0.0219. The Hall–Kier alpha value is -3.61. The van der Waals surface area contributed by atoms with Crippen molar-refractivity contribution in [2.45, 2.75) is 39.5 Å². The lowest BCUT2D eigenvalue weighted by atomic mass is 9.78. The zero-order valence-electron chi connectivity index (χ0n) is 17.1. The third kappa shape index (κ3) is 2.85. The zero-order chi connectivity index (χ0) is 21.0. The summed E-state index contributed by atoms with van der Waals surface area (Å²) in [6, 6.07) is 9.95. The second-order valence-corrected chi connectivity index (χ2v) is 7.96. The first kappa shape index (κ1) is 18.4. The van der Waals surface area contributed by atoms with Crippen molar-refractivity contribution in [2.75, 3.05) is 0 Å². The number of aromatic amines is 1. The van der Waals surface area contributed by atoms with E-state index in [1.54, 1.807) is 6.20 Å². The standard InChI is InChI=1S/C23H21N5O2/c1-12-6-4-5-7-16(12)15-9-17-18(19(29)10-15)11-24-21-20(17)22(30)28(27-21)23-25-13(2)8-14(3)26-23/h4-8,11,15H,9-10H2,1-3H3,(H,24,27). The number of nitrogens with one attached hydrogen (secondary N) is 1. The predicted octanol–water partition coefficient (Wildman–Crippen LogP) is 3.34. The third-order valence-corrected chi connectivity index (χ3v) is 5.80. The summed E-state index contributed by atoms with van der Waals surface area (Å²) in [5.41, 5.74) is 5.30. The highest BCUT2D eigenvalue weighted by Crippen LogP contribution is 2.35. The molecule has 30 heavy (non-hydrogen) atoms. The average Bonchev–Trinajstić information content (AvgIpc) is 3.04. The van der Waals surface area contributed by atoms with E-state index in [1.165, 1.54) is 4.68 Å². The molecule has 0 radical (unpaired) electrons. The number of ketones is 1. The van der Waals surface area contributed by atoms with Gasteiger partial charge in [-0.2, -0.15) is 4.68 Å². The number of Topliss-reactive ketones (excluding diaryl/α,β-unsaturated/α-hetero) is 1. The van der Waals surface area contributed by atoms with E-state index in [9.17, 15) is 9.59 Å². The number of nitrogens with zero attached hydrogens (tertiary/aromatic N) is 4. The molecule has 150 valence electrons. The predicted molar refractivity (Wildman–Crippen MR) is 113 cm³/mol. The topological polar surface area (TPSA) is 93.5 Å². The first-order valence-corrected chi connectivity index (χ1v) is 9.96.